The second-order valence-corrected chi connectivity index (χ2v) is 7.69. The van der Waals surface area contributed by atoms with E-state index >= 15 is 0 Å². The number of carbonyl (C=O) groups excluding carboxylic acids is 1. The minimum absolute atomic E-state index is 0.131. The fourth-order valence-electron chi connectivity index (χ4n) is 2.72. The number of aromatic nitrogens is 2. The normalized spacial score (nSPS) is 13.1. The number of nitrogens with zero attached hydrogens (tertiary/aromatic N) is 3. The molecule has 1 amide bonds. The molecule has 0 radical (unpaired) electrons. The Bertz CT molecular complexity index is 491. The summed E-state index contributed by atoms with van der Waals surface area (Å²) >= 11 is 0. The largest absolute Gasteiger partial charge is 0.340 e. The molecule has 5 nitrogen and oxygen atoms in total. The molecule has 0 spiro atoms. The van der Waals surface area contributed by atoms with Gasteiger partial charge in [0.15, 0.2) is 5.82 Å². The number of hydrogen-bond acceptors (Lipinski definition) is 4. The van der Waals surface area contributed by atoms with E-state index in [0.29, 0.717) is 30.6 Å². The van der Waals surface area contributed by atoms with E-state index in [1.807, 2.05) is 4.90 Å². The summed E-state index contributed by atoms with van der Waals surface area (Å²) in [6.07, 6.45) is 6.51. The molecular weight excluding hydrogens is 302 g/mol. The summed E-state index contributed by atoms with van der Waals surface area (Å²) in [5.41, 5.74) is -0.131. The van der Waals surface area contributed by atoms with Crippen molar-refractivity contribution in [3.05, 3.63) is 11.7 Å². The van der Waals surface area contributed by atoms with Gasteiger partial charge in [-0.3, -0.25) is 4.79 Å². The van der Waals surface area contributed by atoms with Gasteiger partial charge in [-0.15, -0.1) is 0 Å². The molecule has 24 heavy (non-hydrogen) atoms. The Hall–Kier alpha value is -1.39. The summed E-state index contributed by atoms with van der Waals surface area (Å²) in [4.78, 5) is 19.1. The zero-order chi connectivity index (χ0) is 18.2. The highest BCUT2D eigenvalue weighted by molar-refractivity contribution is 5.76. The number of aryl methyl sites for hydroxylation is 1. The van der Waals surface area contributed by atoms with Gasteiger partial charge in [-0.1, -0.05) is 59.0 Å². The molecule has 138 valence electrons. The number of carbonyl (C=O) groups is 1. The van der Waals surface area contributed by atoms with Crippen LogP contribution in [-0.2, 0) is 16.6 Å². The average molecular weight is 338 g/mol. The van der Waals surface area contributed by atoms with Crippen LogP contribution < -0.4 is 0 Å². The lowest BCUT2D eigenvalue weighted by atomic mass is 9.96. The van der Waals surface area contributed by atoms with E-state index in [1.54, 1.807) is 0 Å². The Morgan fingerprint density at radius 3 is 2.46 bits per heavy atom. The molecule has 0 aliphatic heterocycles. The van der Waals surface area contributed by atoms with Crippen molar-refractivity contribution in [3.63, 3.8) is 0 Å². The van der Waals surface area contributed by atoms with Gasteiger partial charge in [0.2, 0.25) is 11.8 Å². The highest BCUT2D eigenvalue weighted by Crippen LogP contribution is 2.19. The van der Waals surface area contributed by atoms with Gasteiger partial charge in [0.05, 0.1) is 0 Å². The van der Waals surface area contributed by atoms with Crippen LogP contribution in [0.15, 0.2) is 4.52 Å². The Balaban J connectivity index is 2.61. The molecule has 0 saturated carbocycles. The molecule has 0 bridgehead atoms. The van der Waals surface area contributed by atoms with Crippen molar-refractivity contribution < 1.29 is 9.32 Å². The third-order valence-corrected chi connectivity index (χ3v) is 4.25. The first-order valence-corrected chi connectivity index (χ1v) is 9.42. The lowest BCUT2D eigenvalue weighted by Crippen LogP contribution is -2.39. The second kappa shape index (κ2) is 9.80. The van der Waals surface area contributed by atoms with Crippen molar-refractivity contribution >= 4 is 5.91 Å². The van der Waals surface area contributed by atoms with E-state index < -0.39 is 0 Å². The zero-order valence-electron chi connectivity index (χ0n) is 16.4. The van der Waals surface area contributed by atoms with E-state index in [2.05, 4.69) is 51.7 Å². The lowest BCUT2D eigenvalue weighted by Gasteiger charge is -2.29. The van der Waals surface area contributed by atoms with Gasteiger partial charge in [-0.2, -0.15) is 4.98 Å². The predicted octanol–water partition coefficient (Wildman–Crippen LogP) is 4.51. The minimum Gasteiger partial charge on any atom is -0.340 e. The third kappa shape index (κ3) is 6.62. The molecule has 1 atom stereocenters. The Morgan fingerprint density at radius 2 is 1.92 bits per heavy atom. The third-order valence-electron chi connectivity index (χ3n) is 4.25. The first-order chi connectivity index (χ1) is 11.3. The van der Waals surface area contributed by atoms with Gasteiger partial charge in [0.1, 0.15) is 0 Å². The maximum Gasteiger partial charge on any atom is 0.227 e. The van der Waals surface area contributed by atoms with Crippen LogP contribution in [0.3, 0.4) is 0 Å². The van der Waals surface area contributed by atoms with E-state index in [0.717, 1.165) is 25.8 Å². The van der Waals surface area contributed by atoms with Crippen molar-refractivity contribution in [1.82, 2.24) is 15.0 Å². The molecule has 5 heteroatoms. The first-order valence-electron chi connectivity index (χ1n) is 9.42. The fourth-order valence-corrected chi connectivity index (χ4v) is 2.72. The maximum atomic E-state index is 12.7. The molecule has 0 aromatic carbocycles. The summed E-state index contributed by atoms with van der Waals surface area (Å²) in [5.74, 6) is 1.46. The van der Waals surface area contributed by atoms with Crippen molar-refractivity contribution in [2.75, 3.05) is 6.54 Å². The van der Waals surface area contributed by atoms with Crippen LogP contribution >= 0.6 is 0 Å². The SMILES string of the molecule is CCCCCN(C(=O)CCc1nc(C(C)(C)C)no1)C(C)CCC. The number of unbranched alkanes of at least 4 members (excludes halogenated alkanes) is 2. The van der Waals surface area contributed by atoms with E-state index in [1.165, 1.54) is 12.8 Å². The fraction of sp³-hybridized carbons (Fsp3) is 0.842. The lowest BCUT2D eigenvalue weighted by molar-refractivity contribution is -0.133. The summed E-state index contributed by atoms with van der Waals surface area (Å²) in [5, 5.41) is 4.02. The van der Waals surface area contributed by atoms with Crippen molar-refractivity contribution in [1.29, 1.82) is 0 Å². The molecule has 0 aliphatic carbocycles. The van der Waals surface area contributed by atoms with Crippen LogP contribution in [0.25, 0.3) is 0 Å². The van der Waals surface area contributed by atoms with E-state index in [9.17, 15) is 4.79 Å². The molecule has 1 unspecified atom stereocenters. The van der Waals surface area contributed by atoms with Crippen LogP contribution in [0, 0.1) is 0 Å². The molecule has 1 aromatic rings. The molecule has 1 aromatic heterocycles. The van der Waals surface area contributed by atoms with Gasteiger partial charge in [-0.25, -0.2) is 0 Å². The average Bonchev–Trinajstić information content (AvgIpc) is 2.98. The second-order valence-electron chi connectivity index (χ2n) is 7.69. The van der Waals surface area contributed by atoms with Crippen LogP contribution in [0.2, 0.25) is 0 Å². The smallest absolute Gasteiger partial charge is 0.227 e. The Kier molecular flexibility index (Phi) is 8.43. The Morgan fingerprint density at radius 1 is 1.21 bits per heavy atom. The van der Waals surface area contributed by atoms with Crippen LogP contribution in [-0.4, -0.2) is 33.5 Å². The number of amides is 1. The van der Waals surface area contributed by atoms with Gasteiger partial charge in [0.25, 0.3) is 0 Å². The molecule has 1 rings (SSSR count). The summed E-state index contributed by atoms with van der Waals surface area (Å²) in [7, 11) is 0. The van der Waals surface area contributed by atoms with Crippen molar-refractivity contribution in [2.24, 2.45) is 0 Å². The maximum absolute atomic E-state index is 12.7. The zero-order valence-corrected chi connectivity index (χ0v) is 16.4. The molecule has 0 saturated heterocycles. The minimum atomic E-state index is -0.131. The molecular formula is C19H35N3O2. The molecule has 0 aliphatic rings. The highest BCUT2D eigenvalue weighted by atomic mass is 16.5. The first kappa shape index (κ1) is 20.7. The van der Waals surface area contributed by atoms with Crippen molar-refractivity contribution in [2.45, 2.75) is 97.9 Å². The summed E-state index contributed by atoms with van der Waals surface area (Å²) < 4.78 is 5.30. The van der Waals surface area contributed by atoms with Crippen LogP contribution in [0.4, 0.5) is 0 Å². The van der Waals surface area contributed by atoms with Gasteiger partial charge >= 0.3 is 0 Å². The standard InChI is InChI=1S/C19H35N3O2/c1-7-9-10-14-22(15(3)11-8-2)17(23)13-12-16-20-18(21-24-16)19(4,5)6/h15H,7-14H2,1-6H3. The number of hydrogen-bond donors (Lipinski definition) is 0. The van der Waals surface area contributed by atoms with E-state index in [-0.39, 0.29) is 11.3 Å². The van der Waals surface area contributed by atoms with Crippen LogP contribution in [0.5, 0.6) is 0 Å². The van der Waals surface area contributed by atoms with Gasteiger partial charge in [-0.05, 0) is 19.8 Å². The topological polar surface area (TPSA) is 59.2 Å². The monoisotopic (exact) mass is 337 g/mol. The molecule has 0 N–H and O–H groups in total. The van der Waals surface area contributed by atoms with Gasteiger partial charge < -0.3 is 9.42 Å². The summed E-state index contributed by atoms with van der Waals surface area (Å²) in [6, 6.07) is 0.298. The quantitative estimate of drug-likeness (QED) is 0.590. The van der Waals surface area contributed by atoms with E-state index in [4.69, 9.17) is 4.52 Å². The summed E-state index contributed by atoms with van der Waals surface area (Å²) in [6.45, 7) is 13.5. The predicted molar refractivity (Wildman–Crippen MR) is 96.9 cm³/mol. The van der Waals surface area contributed by atoms with Crippen molar-refractivity contribution in [3.8, 4) is 0 Å². The number of rotatable bonds is 10. The Labute approximate surface area is 147 Å². The molecule has 0 fully saturated rings. The van der Waals surface area contributed by atoms with Crippen LogP contribution in [0.1, 0.15) is 91.8 Å². The van der Waals surface area contributed by atoms with Gasteiger partial charge in [0, 0.05) is 30.8 Å². The molecule has 1 heterocycles. The highest BCUT2D eigenvalue weighted by Gasteiger charge is 2.23.